The van der Waals surface area contributed by atoms with Gasteiger partial charge in [-0.25, -0.2) is 8.42 Å². The number of nitrogens with zero attached hydrogens (tertiary/aromatic N) is 1. The standard InChI is InChI=1S/C22H21ClN2O3S/c1-3-25(29(27,28)20-7-5-4-6-8-20)19-13-10-17(11-14-19)22(26)24-21-15-18(23)12-9-16(21)2/h4-15H,3H2,1-2H3,(H,24,26). The number of hydrogen-bond acceptors (Lipinski definition) is 3. The summed E-state index contributed by atoms with van der Waals surface area (Å²) in [5.41, 5.74) is 2.44. The monoisotopic (exact) mass is 428 g/mol. The molecule has 5 nitrogen and oxygen atoms in total. The molecule has 1 N–H and O–H groups in total. The van der Waals surface area contributed by atoms with Crippen LogP contribution < -0.4 is 9.62 Å². The van der Waals surface area contributed by atoms with Crippen molar-refractivity contribution in [2.24, 2.45) is 0 Å². The second kappa shape index (κ2) is 8.68. The molecule has 0 atom stereocenters. The van der Waals surface area contributed by atoms with E-state index in [9.17, 15) is 13.2 Å². The van der Waals surface area contributed by atoms with E-state index < -0.39 is 10.0 Å². The summed E-state index contributed by atoms with van der Waals surface area (Å²) >= 11 is 6.00. The lowest BCUT2D eigenvalue weighted by Crippen LogP contribution is -2.30. The molecule has 0 aliphatic carbocycles. The number of benzene rings is 3. The van der Waals surface area contributed by atoms with Crippen LogP contribution in [0, 0.1) is 6.92 Å². The molecule has 0 heterocycles. The molecule has 1 amide bonds. The molecule has 0 saturated heterocycles. The van der Waals surface area contributed by atoms with Crippen molar-refractivity contribution in [3.63, 3.8) is 0 Å². The molecule has 0 fully saturated rings. The molecule has 0 aliphatic heterocycles. The molecule has 3 aromatic rings. The normalized spacial score (nSPS) is 11.1. The van der Waals surface area contributed by atoms with Crippen molar-refractivity contribution in [1.29, 1.82) is 0 Å². The molecule has 3 aromatic carbocycles. The third-order valence-corrected chi connectivity index (χ3v) is 6.64. The van der Waals surface area contributed by atoms with E-state index in [1.807, 2.05) is 13.0 Å². The molecular formula is C22H21ClN2O3S. The predicted octanol–water partition coefficient (Wildman–Crippen LogP) is 5.12. The second-order valence-corrected chi connectivity index (χ2v) is 8.74. The van der Waals surface area contributed by atoms with Gasteiger partial charge in [-0.05, 0) is 67.9 Å². The first kappa shape index (κ1) is 20.9. The Morgan fingerprint density at radius 2 is 1.66 bits per heavy atom. The minimum Gasteiger partial charge on any atom is -0.322 e. The first-order chi connectivity index (χ1) is 13.8. The van der Waals surface area contributed by atoms with Crippen molar-refractivity contribution in [3.8, 4) is 0 Å². The zero-order valence-corrected chi connectivity index (χ0v) is 17.7. The van der Waals surface area contributed by atoms with Gasteiger partial charge < -0.3 is 5.32 Å². The summed E-state index contributed by atoms with van der Waals surface area (Å²) in [6, 6.07) is 20.0. The van der Waals surface area contributed by atoms with E-state index in [2.05, 4.69) is 5.32 Å². The van der Waals surface area contributed by atoms with Crippen LogP contribution in [0.1, 0.15) is 22.8 Å². The van der Waals surface area contributed by atoms with E-state index in [1.165, 1.54) is 4.31 Å². The molecule has 0 bridgehead atoms. The van der Waals surface area contributed by atoms with Gasteiger partial charge in [-0.3, -0.25) is 9.10 Å². The Balaban J connectivity index is 1.83. The maximum absolute atomic E-state index is 12.9. The van der Waals surface area contributed by atoms with Crippen LogP contribution >= 0.6 is 11.6 Å². The molecule has 0 spiro atoms. The smallest absolute Gasteiger partial charge is 0.264 e. The van der Waals surface area contributed by atoms with Crippen molar-refractivity contribution < 1.29 is 13.2 Å². The minimum atomic E-state index is -3.68. The highest BCUT2D eigenvalue weighted by atomic mass is 35.5. The minimum absolute atomic E-state index is 0.222. The van der Waals surface area contributed by atoms with Crippen molar-refractivity contribution in [1.82, 2.24) is 0 Å². The fourth-order valence-electron chi connectivity index (χ4n) is 2.91. The number of carbonyl (C=O) groups is 1. The van der Waals surface area contributed by atoms with Gasteiger partial charge in [-0.2, -0.15) is 0 Å². The van der Waals surface area contributed by atoms with Gasteiger partial charge in [0, 0.05) is 22.8 Å². The fourth-order valence-corrected chi connectivity index (χ4v) is 4.58. The quantitative estimate of drug-likeness (QED) is 0.592. The molecular weight excluding hydrogens is 408 g/mol. The summed E-state index contributed by atoms with van der Waals surface area (Å²) in [7, 11) is -3.68. The highest BCUT2D eigenvalue weighted by Gasteiger charge is 2.23. The van der Waals surface area contributed by atoms with Gasteiger partial charge in [0.15, 0.2) is 0 Å². The Hall–Kier alpha value is -2.83. The number of carbonyl (C=O) groups excluding carboxylic acids is 1. The van der Waals surface area contributed by atoms with Crippen LogP contribution in [-0.2, 0) is 10.0 Å². The van der Waals surface area contributed by atoms with E-state index >= 15 is 0 Å². The van der Waals surface area contributed by atoms with E-state index in [1.54, 1.807) is 73.7 Å². The molecule has 0 aliphatic rings. The SMILES string of the molecule is CCN(c1ccc(C(=O)Nc2cc(Cl)ccc2C)cc1)S(=O)(=O)c1ccccc1. The Kier molecular flexibility index (Phi) is 6.25. The van der Waals surface area contributed by atoms with Crippen molar-refractivity contribution >= 4 is 38.9 Å². The van der Waals surface area contributed by atoms with Gasteiger partial charge in [0.1, 0.15) is 0 Å². The highest BCUT2D eigenvalue weighted by Crippen LogP contribution is 2.25. The maximum Gasteiger partial charge on any atom is 0.264 e. The summed E-state index contributed by atoms with van der Waals surface area (Å²) in [5.74, 6) is -0.295. The Morgan fingerprint density at radius 1 is 1.00 bits per heavy atom. The number of anilines is 2. The molecule has 0 aromatic heterocycles. The summed E-state index contributed by atoms with van der Waals surface area (Å²) in [5, 5.41) is 3.36. The first-order valence-corrected chi connectivity index (χ1v) is 10.9. The summed E-state index contributed by atoms with van der Waals surface area (Å²) in [6.07, 6.45) is 0. The first-order valence-electron chi connectivity index (χ1n) is 9.08. The zero-order chi connectivity index (χ0) is 21.0. The zero-order valence-electron chi connectivity index (χ0n) is 16.1. The number of rotatable bonds is 6. The van der Waals surface area contributed by atoms with Crippen LogP contribution in [0.5, 0.6) is 0 Å². The van der Waals surface area contributed by atoms with E-state index in [0.29, 0.717) is 22.0 Å². The van der Waals surface area contributed by atoms with Crippen molar-refractivity contribution in [2.75, 3.05) is 16.2 Å². The van der Waals surface area contributed by atoms with Crippen LogP contribution in [0.25, 0.3) is 0 Å². The summed E-state index contributed by atoms with van der Waals surface area (Å²) in [4.78, 5) is 12.8. The van der Waals surface area contributed by atoms with Crippen LogP contribution in [0.2, 0.25) is 5.02 Å². The highest BCUT2D eigenvalue weighted by molar-refractivity contribution is 7.92. The number of nitrogens with one attached hydrogen (secondary N) is 1. The van der Waals surface area contributed by atoms with Gasteiger partial charge in [0.05, 0.1) is 10.6 Å². The Morgan fingerprint density at radius 3 is 2.28 bits per heavy atom. The lowest BCUT2D eigenvalue weighted by atomic mass is 10.1. The summed E-state index contributed by atoms with van der Waals surface area (Å²) in [6.45, 7) is 3.91. The molecule has 29 heavy (non-hydrogen) atoms. The predicted molar refractivity (Wildman–Crippen MR) is 117 cm³/mol. The number of aryl methyl sites for hydroxylation is 1. The van der Waals surface area contributed by atoms with Gasteiger partial charge in [-0.1, -0.05) is 35.9 Å². The third-order valence-electron chi connectivity index (χ3n) is 4.48. The van der Waals surface area contributed by atoms with E-state index in [0.717, 1.165) is 5.56 Å². The van der Waals surface area contributed by atoms with Gasteiger partial charge in [-0.15, -0.1) is 0 Å². The van der Waals surface area contributed by atoms with E-state index in [-0.39, 0.29) is 17.3 Å². The average Bonchev–Trinajstić information content (AvgIpc) is 2.72. The van der Waals surface area contributed by atoms with Crippen LogP contribution in [0.4, 0.5) is 11.4 Å². The number of halogens is 1. The fraction of sp³-hybridized carbons (Fsp3) is 0.136. The maximum atomic E-state index is 12.9. The number of hydrogen-bond donors (Lipinski definition) is 1. The van der Waals surface area contributed by atoms with Crippen molar-refractivity contribution in [3.05, 3.63) is 88.9 Å². The molecule has 0 radical (unpaired) electrons. The average molecular weight is 429 g/mol. The largest absolute Gasteiger partial charge is 0.322 e. The van der Waals surface area contributed by atoms with Gasteiger partial charge in [0.2, 0.25) is 0 Å². The lowest BCUT2D eigenvalue weighted by Gasteiger charge is -2.23. The van der Waals surface area contributed by atoms with Crippen LogP contribution in [0.3, 0.4) is 0 Å². The van der Waals surface area contributed by atoms with Crippen LogP contribution in [-0.4, -0.2) is 20.9 Å². The third kappa shape index (κ3) is 4.60. The topological polar surface area (TPSA) is 66.5 Å². The molecule has 150 valence electrons. The molecule has 0 unspecified atom stereocenters. The Labute approximate surface area is 176 Å². The van der Waals surface area contributed by atoms with Gasteiger partial charge >= 0.3 is 0 Å². The van der Waals surface area contributed by atoms with Crippen molar-refractivity contribution in [2.45, 2.75) is 18.7 Å². The van der Waals surface area contributed by atoms with Crippen LogP contribution in [0.15, 0.2) is 77.7 Å². The number of sulfonamides is 1. The van der Waals surface area contributed by atoms with E-state index in [4.69, 9.17) is 11.6 Å². The lowest BCUT2D eigenvalue weighted by molar-refractivity contribution is 0.102. The number of amides is 1. The van der Waals surface area contributed by atoms with Gasteiger partial charge in [0.25, 0.3) is 15.9 Å². The molecule has 7 heteroatoms. The Bertz CT molecular complexity index is 1110. The molecule has 0 saturated carbocycles. The second-order valence-electron chi connectivity index (χ2n) is 6.44. The summed E-state index contributed by atoms with van der Waals surface area (Å²) < 4.78 is 27.2. The molecule has 3 rings (SSSR count).